The molecule has 36 heavy (non-hydrogen) atoms. The molecule has 1 N–H and O–H groups in total. The second kappa shape index (κ2) is 10.3. The fourth-order valence-corrected chi connectivity index (χ4v) is 4.71. The standard InChI is InChI=1S/C25H25ClF2N4O4/c1-13-7-16-17(14(2)33)10-31(20(16)9-29-13)12-21(34)32-11-19(27)24(36-3)23(32)25(35)30-8-15-5-4-6-18(26)22(15)28/h4-7,9-10,19,23-24H,8,11-12H2,1-3H3,(H,30,35)/t19-,23-,24+/m0/s1. The minimum atomic E-state index is -1.60. The third-order valence-corrected chi connectivity index (χ3v) is 6.60. The van der Waals surface area contributed by atoms with Crippen molar-refractivity contribution in [1.82, 2.24) is 19.8 Å². The van der Waals surface area contributed by atoms with E-state index in [0.29, 0.717) is 22.2 Å². The molecule has 0 unspecified atom stereocenters. The van der Waals surface area contributed by atoms with E-state index >= 15 is 0 Å². The van der Waals surface area contributed by atoms with Crippen LogP contribution in [0.15, 0.2) is 36.7 Å². The fourth-order valence-electron chi connectivity index (χ4n) is 4.52. The number of halogens is 3. The molecule has 0 saturated carbocycles. The molecule has 1 aliphatic heterocycles. The summed E-state index contributed by atoms with van der Waals surface area (Å²) in [7, 11) is 1.26. The maximum Gasteiger partial charge on any atom is 0.245 e. The van der Waals surface area contributed by atoms with Crippen molar-refractivity contribution in [2.45, 2.75) is 45.3 Å². The first-order valence-electron chi connectivity index (χ1n) is 11.3. The van der Waals surface area contributed by atoms with Gasteiger partial charge in [0.2, 0.25) is 11.8 Å². The normalized spacial score (nSPS) is 19.6. The highest BCUT2D eigenvalue weighted by atomic mass is 35.5. The summed E-state index contributed by atoms with van der Waals surface area (Å²) in [5.41, 5.74) is 1.86. The highest BCUT2D eigenvalue weighted by molar-refractivity contribution is 6.30. The van der Waals surface area contributed by atoms with Crippen LogP contribution >= 0.6 is 11.6 Å². The number of ketones is 1. The monoisotopic (exact) mass is 518 g/mol. The van der Waals surface area contributed by atoms with Crippen LogP contribution in [0.25, 0.3) is 10.9 Å². The molecule has 11 heteroatoms. The van der Waals surface area contributed by atoms with E-state index in [1.165, 1.54) is 26.2 Å². The van der Waals surface area contributed by atoms with Gasteiger partial charge in [0.25, 0.3) is 0 Å². The summed E-state index contributed by atoms with van der Waals surface area (Å²) >= 11 is 5.80. The predicted molar refractivity (Wildman–Crippen MR) is 129 cm³/mol. The number of alkyl halides is 1. The first-order valence-corrected chi connectivity index (χ1v) is 11.6. The smallest absolute Gasteiger partial charge is 0.245 e. The van der Waals surface area contributed by atoms with Gasteiger partial charge in [-0.05, 0) is 26.0 Å². The highest BCUT2D eigenvalue weighted by Crippen LogP contribution is 2.27. The van der Waals surface area contributed by atoms with E-state index in [0.717, 1.165) is 4.90 Å². The molecular weight excluding hydrogens is 494 g/mol. The number of hydrogen-bond donors (Lipinski definition) is 1. The maximum atomic E-state index is 14.8. The van der Waals surface area contributed by atoms with Crippen LogP contribution < -0.4 is 5.32 Å². The molecule has 0 radical (unpaired) electrons. The van der Waals surface area contributed by atoms with Gasteiger partial charge in [-0.1, -0.05) is 23.7 Å². The van der Waals surface area contributed by atoms with Crippen molar-refractivity contribution in [3.8, 4) is 0 Å². The van der Waals surface area contributed by atoms with Crippen molar-refractivity contribution >= 4 is 40.1 Å². The lowest BCUT2D eigenvalue weighted by Gasteiger charge is -2.26. The molecule has 0 bridgehead atoms. The van der Waals surface area contributed by atoms with Crippen LogP contribution in [-0.2, 0) is 27.4 Å². The van der Waals surface area contributed by atoms with Gasteiger partial charge in [-0.15, -0.1) is 0 Å². The molecule has 1 saturated heterocycles. The summed E-state index contributed by atoms with van der Waals surface area (Å²) < 4.78 is 35.8. The molecule has 3 heterocycles. The zero-order valence-corrected chi connectivity index (χ0v) is 20.7. The molecule has 1 fully saturated rings. The maximum absolute atomic E-state index is 14.8. The van der Waals surface area contributed by atoms with Crippen LogP contribution in [0.5, 0.6) is 0 Å². The van der Waals surface area contributed by atoms with E-state index in [1.54, 1.807) is 36.0 Å². The Kier molecular flexibility index (Phi) is 7.37. The molecule has 190 valence electrons. The van der Waals surface area contributed by atoms with Crippen LogP contribution in [0, 0.1) is 12.7 Å². The number of rotatable bonds is 7. The number of carbonyl (C=O) groups is 3. The Labute approximate surface area is 211 Å². The van der Waals surface area contributed by atoms with Gasteiger partial charge in [-0.25, -0.2) is 8.78 Å². The quantitative estimate of drug-likeness (QED) is 0.485. The lowest BCUT2D eigenvalue weighted by molar-refractivity contribution is -0.141. The minimum absolute atomic E-state index is 0.0911. The lowest BCUT2D eigenvalue weighted by atomic mass is 10.1. The zero-order chi connectivity index (χ0) is 26.1. The van der Waals surface area contributed by atoms with E-state index in [4.69, 9.17) is 16.3 Å². The van der Waals surface area contributed by atoms with Crippen LogP contribution in [0.4, 0.5) is 8.78 Å². The van der Waals surface area contributed by atoms with Crippen LogP contribution in [0.1, 0.15) is 28.5 Å². The van der Waals surface area contributed by atoms with Crippen molar-refractivity contribution in [2.75, 3.05) is 13.7 Å². The first kappa shape index (κ1) is 25.7. The van der Waals surface area contributed by atoms with Crippen molar-refractivity contribution < 1.29 is 27.9 Å². The second-order valence-corrected chi connectivity index (χ2v) is 9.11. The number of pyridine rings is 1. The van der Waals surface area contributed by atoms with Gasteiger partial charge < -0.3 is 19.5 Å². The van der Waals surface area contributed by atoms with Crippen molar-refractivity contribution in [3.05, 3.63) is 64.3 Å². The van der Waals surface area contributed by atoms with E-state index in [-0.39, 0.29) is 36.0 Å². The molecule has 0 aliphatic carbocycles. The highest BCUT2D eigenvalue weighted by Gasteiger charge is 2.48. The minimum Gasteiger partial charge on any atom is -0.376 e. The number of aryl methyl sites for hydroxylation is 1. The third kappa shape index (κ3) is 4.83. The van der Waals surface area contributed by atoms with Gasteiger partial charge in [0.15, 0.2) is 5.78 Å². The Balaban J connectivity index is 1.58. The average molecular weight is 519 g/mol. The average Bonchev–Trinajstić information content (AvgIpc) is 3.36. The van der Waals surface area contributed by atoms with E-state index in [2.05, 4.69) is 10.3 Å². The van der Waals surface area contributed by atoms with Crippen molar-refractivity contribution in [2.24, 2.45) is 0 Å². The van der Waals surface area contributed by atoms with Crippen molar-refractivity contribution in [3.63, 3.8) is 0 Å². The zero-order valence-electron chi connectivity index (χ0n) is 19.9. The molecule has 2 amide bonds. The number of methoxy groups -OCH3 is 1. The first-order chi connectivity index (χ1) is 17.1. The summed E-state index contributed by atoms with van der Waals surface area (Å²) in [4.78, 5) is 43.9. The van der Waals surface area contributed by atoms with Gasteiger partial charge >= 0.3 is 0 Å². The number of likely N-dealkylation sites (tertiary alicyclic amines) is 1. The van der Waals surface area contributed by atoms with E-state index in [9.17, 15) is 23.2 Å². The molecule has 1 aromatic carbocycles. The number of carbonyl (C=O) groups excluding carboxylic acids is 3. The Morgan fingerprint density at radius 3 is 2.75 bits per heavy atom. The molecule has 8 nitrogen and oxygen atoms in total. The molecule has 3 atom stereocenters. The lowest BCUT2D eigenvalue weighted by Crippen LogP contribution is -2.51. The summed E-state index contributed by atoms with van der Waals surface area (Å²) in [5, 5.41) is 3.12. The number of aromatic nitrogens is 2. The number of nitrogens with one attached hydrogen (secondary N) is 1. The summed E-state index contributed by atoms with van der Waals surface area (Å²) in [5.74, 6) is -2.07. The van der Waals surface area contributed by atoms with Crippen molar-refractivity contribution in [1.29, 1.82) is 0 Å². The Bertz CT molecular complexity index is 1350. The van der Waals surface area contributed by atoms with Gasteiger partial charge in [0.05, 0.1) is 23.3 Å². The van der Waals surface area contributed by atoms with Gasteiger partial charge in [-0.2, -0.15) is 0 Å². The Morgan fingerprint density at radius 1 is 1.31 bits per heavy atom. The van der Waals surface area contributed by atoms with Gasteiger partial charge in [0.1, 0.15) is 30.7 Å². The molecule has 3 aromatic rings. The molecular formula is C25H25ClF2N4O4. The van der Waals surface area contributed by atoms with E-state index < -0.39 is 35.9 Å². The predicted octanol–water partition coefficient (Wildman–Crippen LogP) is 3.22. The third-order valence-electron chi connectivity index (χ3n) is 6.31. The molecule has 0 spiro atoms. The summed E-state index contributed by atoms with van der Waals surface area (Å²) in [6, 6.07) is 4.88. The van der Waals surface area contributed by atoms with E-state index in [1.807, 2.05) is 0 Å². The largest absolute Gasteiger partial charge is 0.376 e. The number of nitrogens with zero attached hydrogens (tertiary/aromatic N) is 3. The summed E-state index contributed by atoms with van der Waals surface area (Å²) in [6.45, 7) is 2.42. The van der Waals surface area contributed by atoms with Gasteiger partial charge in [0, 0.05) is 42.1 Å². The molecule has 4 rings (SSSR count). The number of ether oxygens (including phenoxy) is 1. The number of fused-ring (bicyclic) bond motifs is 1. The molecule has 2 aromatic heterocycles. The number of benzene rings is 1. The Hall–Kier alpha value is -3.37. The number of amides is 2. The number of hydrogen-bond acceptors (Lipinski definition) is 5. The van der Waals surface area contributed by atoms with Crippen LogP contribution in [-0.4, -0.2) is 64.0 Å². The topological polar surface area (TPSA) is 93.5 Å². The molecule has 1 aliphatic rings. The van der Waals surface area contributed by atoms with Crippen LogP contribution in [0.2, 0.25) is 5.02 Å². The number of Topliss-reactive ketones (excluding diaryl/α,β-unsaturated/α-hetero) is 1. The fraction of sp³-hybridized carbons (Fsp3) is 0.360. The summed E-state index contributed by atoms with van der Waals surface area (Å²) in [6.07, 6.45) is 0.321. The van der Waals surface area contributed by atoms with Gasteiger partial charge in [-0.3, -0.25) is 19.4 Å². The van der Waals surface area contributed by atoms with Crippen LogP contribution in [0.3, 0.4) is 0 Å². The Morgan fingerprint density at radius 2 is 2.06 bits per heavy atom. The second-order valence-electron chi connectivity index (χ2n) is 8.71. The SMILES string of the molecule is CO[C@H]1[C@@H](C(=O)NCc2cccc(Cl)c2F)N(C(=O)Cn2cc(C(C)=O)c3cc(C)ncc32)C[C@@H]1F.